The maximum Gasteiger partial charge on any atom is 0.511 e. The van der Waals surface area contributed by atoms with Gasteiger partial charge < -0.3 is 0 Å². The van der Waals surface area contributed by atoms with Crippen molar-refractivity contribution in [2.75, 3.05) is 7.05 Å². The molecule has 0 N–H and O–H groups in total. The van der Waals surface area contributed by atoms with E-state index in [1.165, 1.54) is 0 Å². The van der Waals surface area contributed by atoms with Crippen LogP contribution in [0.5, 0.6) is 0 Å². The lowest BCUT2D eigenvalue weighted by Gasteiger charge is -2.17. The fourth-order valence-corrected chi connectivity index (χ4v) is 1.73. The predicted octanol–water partition coefficient (Wildman–Crippen LogP) is 0.930. The Morgan fingerprint density at radius 1 is 1.33 bits per heavy atom. The topological polar surface area (TPSA) is 37.4 Å². The summed E-state index contributed by atoms with van der Waals surface area (Å²) in [4.78, 5) is 0. The van der Waals surface area contributed by atoms with E-state index in [4.69, 9.17) is 0 Å². The van der Waals surface area contributed by atoms with E-state index in [9.17, 15) is 21.6 Å². The Hall–Kier alpha value is -0.300. The lowest BCUT2D eigenvalue weighted by Crippen LogP contribution is -2.39. The molecule has 0 bridgehead atoms. The Morgan fingerprint density at radius 3 is 2.00 bits per heavy atom. The number of alkyl halides is 3. The summed E-state index contributed by atoms with van der Waals surface area (Å²) in [5.41, 5.74) is -5.16. The molecule has 0 heterocycles. The summed E-state index contributed by atoms with van der Waals surface area (Å²) >= 11 is 0. The molecule has 1 aliphatic rings. The van der Waals surface area contributed by atoms with Crippen LogP contribution in [0.15, 0.2) is 0 Å². The zero-order valence-corrected chi connectivity index (χ0v) is 7.11. The summed E-state index contributed by atoms with van der Waals surface area (Å²) in [5.74, 6) is 0. The van der Waals surface area contributed by atoms with Crippen LogP contribution in [-0.2, 0) is 10.0 Å². The molecule has 0 aliphatic heterocycles. The number of hydrogen-bond acceptors (Lipinski definition) is 2. The van der Waals surface area contributed by atoms with Gasteiger partial charge in [-0.05, 0) is 12.8 Å². The van der Waals surface area contributed by atoms with E-state index < -0.39 is 21.6 Å². The van der Waals surface area contributed by atoms with Crippen molar-refractivity contribution in [3.8, 4) is 0 Å². The zero-order valence-electron chi connectivity index (χ0n) is 6.30. The highest BCUT2D eigenvalue weighted by atomic mass is 32.2. The summed E-state index contributed by atoms with van der Waals surface area (Å²) < 4.78 is 57.2. The summed E-state index contributed by atoms with van der Waals surface area (Å²) in [7, 11) is -4.12. The van der Waals surface area contributed by atoms with Crippen molar-refractivity contribution < 1.29 is 21.6 Å². The van der Waals surface area contributed by atoms with Crippen molar-refractivity contribution >= 4 is 10.0 Å². The molecule has 0 atom stereocenters. The van der Waals surface area contributed by atoms with Crippen LogP contribution in [0.2, 0.25) is 0 Å². The van der Waals surface area contributed by atoms with Gasteiger partial charge in [-0.15, -0.1) is 0 Å². The van der Waals surface area contributed by atoms with Gasteiger partial charge in [-0.1, -0.05) is 0 Å². The molecule has 1 aliphatic carbocycles. The first-order valence-corrected chi connectivity index (χ1v) is 4.75. The van der Waals surface area contributed by atoms with E-state index in [0.717, 1.165) is 7.05 Å². The first-order valence-electron chi connectivity index (χ1n) is 3.31. The molecule has 0 unspecified atom stereocenters. The normalized spacial score (nSPS) is 20.1. The number of halogens is 3. The molecule has 1 saturated carbocycles. The van der Waals surface area contributed by atoms with Gasteiger partial charge in [0.15, 0.2) is 0 Å². The third-order valence-electron chi connectivity index (χ3n) is 1.73. The van der Waals surface area contributed by atoms with Crippen LogP contribution in [0, 0.1) is 0 Å². The van der Waals surface area contributed by atoms with Gasteiger partial charge in [-0.3, -0.25) is 0 Å². The molecule has 0 aromatic rings. The van der Waals surface area contributed by atoms with E-state index in [-0.39, 0.29) is 0 Å². The molecule has 72 valence electrons. The molecule has 0 saturated heterocycles. The van der Waals surface area contributed by atoms with Crippen LogP contribution in [0.25, 0.3) is 0 Å². The second-order valence-electron chi connectivity index (χ2n) is 2.70. The monoisotopic (exact) mass is 203 g/mol. The predicted molar refractivity (Wildman–Crippen MR) is 35.8 cm³/mol. The Labute approximate surface area is 68.2 Å². The van der Waals surface area contributed by atoms with E-state index in [1.807, 2.05) is 0 Å². The van der Waals surface area contributed by atoms with Crippen LogP contribution in [0.4, 0.5) is 13.2 Å². The molecule has 0 aromatic heterocycles. The van der Waals surface area contributed by atoms with Gasteiger partial charge >= 0.3 is 15.5 Å². The third-order valence-corrected chi connectivity index (χ3v) is 3.37. The highest BCUT2D eigenvalue weighted by molar-refractivity contribution is 7.90. The fraction of sp³-hybridized carbons (Fsp3) is 1.00. The van der Waals surface area contributed by atoms with Crippen molar-refractivity contribution in [3.63, 3.8) is 0 Å². The Balaban J connectivity index is 2.84. The van der Waals surface area contributed by atoms with Gasteiger partial charge in [0.25, 0.3) is 0 Å². The highest BCUT2D eigenvalue weighted by Gasteiger charge is 2.52. The maximum absolute atomic E-state index is 11.8. The van der Waals surface area contributed by atoms with Gasteiger partial charge in [0.05, 0.1) is 0 Å². The van der Waals surface area contributed by atoms with Crippen molar-refractivity contribution in [1.82, 2.24) is 4.31 Å². The SMILES string of the molecule is CN(C1CC1)S(=O)(=O)C(F)(F)F. The molecule has 0 amide bonds. The third kappa shape index (κ3) is 1.56. The molecule has 0 radical (unpaired) electrons. The standard InChI is InChI=1S/C5H8F3NO2S/c1-9(4-2-3-4)12(10,11)5(6,7)8/h4H,2-3H2,1H3. The summed E-state index contributed by atoms with van der Waals surface area (Å²) in [6, 6.07) is -0.448. The maximum atomic E-state index is 11.8. The van der Waals surface area contributed by atoms with Crippen molar-refractivity contribution in [2.45, 2.75) is 24.4 Å². The van der Waals surface area contributed by atoms with Crippen LogP contribution in [0.3, 0.4) is 0 Å². The Bertz CT molecular complexity index is 267. The molecule has 12 heavy (non-hydrogen) atoms. The Kier molecular flexibility index (Phi) is 2.12. The largest absolute Gasteiger partial charge is 0.511 e. The first-order chi connectivity index (χ1) is 5.27. The number of rotatable bonds is 2. The lowest BCUT2D eigenvalue weighted by molar-refractivity contribution is -0.0484. The minimum Gasteiger partial charge on any atom is -0.203 e. The average Bonchev–Trinajstić information content (AvgIpc) is 2.64. The van der Waals surface area contributed by atoms with Crippen molar-refractivity contribution in [1.29, 1.82) is 0 Å². The molecule has 3 nitrogen and oxygen atoms in total. The quantitative estimate of drug-likeness (QED) is 0.669. The van der Waals surface area contributed by atoms with Gasteiger partial charge in [0, 0.05) is 13.1 Å². The fourth-order valence-electron chi connectivity index (χ4n) is 0.798. The van der Waals surface area contributed by atoms with Crippen LogP contribution >= 0.6 is 0 Å². The lowest BCUT2D eigenvalue weighted by atomic mass is 10.7. The second-order valence-corrected chi connectivity index (χ2v) is 4.69. The van der Waals surface area contributed by atoms with E-state index in [0.29, 0.717) is 17.1 Å². The van der Waals surface area contributed by atoms with Crippen LogP contribution in [0.1, 0.15) is 12.8 Å². The second kappa shape index (κ2) is 2.59. The molecular weight excluding hydrogens is 195 g/mol. The van der Waals surface area contributed by atoms with Gasteiger partial charge in [0.1, 0.15) is 0 Å². The van der Waals surface area contributed by atoms with Gasteiger partial charge in [-0.25, -0.2) is 8.42 Å². The molecule has 7 heteroatoms. The summed E-state index contributed by atoms with van der Waals surface area (Å²) in [6.07, 6.45) is 1.04. The number of nitrogens with zero attached hydrogens (tertiary/aromatic N) is 1. The van der Waals surface area contributed by atoms with E-state index in [2.05, 4.69) is 0 Å². The molecule has 1 rings (SSSR count). The summed E-state index contributed by atoms with van der Waals surface area (Å²) in [5, 5.41) is 0. The van der Waals surface area contributed by atoms with Gasteiger partial charge in [0.2, 0.25) is 0 Å². The Morgan fingerprint density at radius 2 is 1.75 bits per heavy atom. The van der Waals surface area contributed by atoms with Crippen molar-refractivity contribution in [2.24, 2.45) is 0 Å². The van der Waals surface area contributed by atoms with Gasteiger partial charge in [-0.2, -0.15) is 17.5 Å². The van der Waals surface area contributed by atoms with Crippen LogP contribution < -0.4 is 0 Å². The van der Waals surface area contributed by atoms with Crippen LogP contribution in [-0.4, -0.2) is 31.3 Å². The molecular formula is C5H8F3NO2S. The summed E-state index contributed by atoms with van der Waals surface area (Å²) in [6.45, 7) is 0. The molecule has 0 aromatic carbocycles. The minimum atomic E-state index is -5.16. The average molecular weight is 203 g/mol. The van der Waals surface area contributed by atoms with E-state index in [1.54, 1.807) is 0 Å². The molecule has 1 fully saturated rings. The first kappa shape index (κ1) is 9.79. The zero-order chi connectivity index (χ0) is 9.57. The van der Waals surface area contributed by atoms with Crippen molar-refractivity contribution in [3.05, 3.63) is 0 Å². The van der Waals surface area contributed by atoms with E-state index >= 15 is 0 Å². The minimum absolute atomic E-state index is 0.396. The molecule has 0 spiro atoms. The smallest absolute Gasteiger partial charge is 0.203 e. The number of hydrogen-bond donors (Lipinski definition) is 0. The highest BCUT2D eigenvalue weighted by Crippen LogP contribution is 2.34. The number of sulfonamides is 1.